The number of nitrogens with zero attached hydrogens (tertiary/aromatic N) is 1. The van der Waals surface area contributed by atoms with Crippen LogP contribution < -0.4 is 5.73 Å². The molecule has 0 saturated heterocycles. The van der Waals surface area contributed by atoms with Gasteiger partial charge in [-0.15, -0.1) is 0 Å². The smallest absolute Gasteiger partial charge is 0.248 e. The molecule has 0 spiro atoms. The van der Waals surface area contributed by atoms with Gasteiger partial charge in [0.25, 0.3) is 0 Å². The number of carbonyl (C=O) groups excluding carboxylic acids is 2. The van der Waals surface area contributed by atoms with E-state index in [2.05, 4.69) is 20.9 Å². The number of halogens is 1. The van der Waals surface area contributed by atoms with Crippen molar-refractivity contribution in [3.05, 3.63) is 70.0 Å². The number of hydrogen-bond donors (Lipinski definition) is 1. The molecule has 2 aromatic rings. The second kappa shape index (κ2) is 6.25. The summed E-state index contributed by atoms with van der Waals surface area (Å²) >= 11 is 3.22. The number of nitrogens with two attached hydrogens (primary N) is 1. The molecule has 0 aliphatic rings. The molecule has 5 heteroatoms. The fourth-order valence-corrected chi connectivity index (χ4v) is 1.90. The number of hydrogen-bond acceptors (Lipinski definition) is 3. The first kappa shape index (κ1) is 14.1. The van der Waals surface area contributed by atoms with Crippen LogP contribution in [0, 0.1) is 0 Å². The Bertz CT molecular complexity index is 679. The van der Waals surface area contributed by atoms with Crippen LogP contribution in [-0.4, -0.2) is 16.7 Å². The van der Waals surface area contributed by atoms with E-state index in [-0.39, 0.29) is 5.78 Å². The zero-order valence-corrected chi connectivity index (χ0v) is 12.0. The van der Waals surface area contributed by atoms with Gasteiger partial charge in [-0.05, 0) is 51.8 Å². The van der Waals surface area contributed by atoms with Gasteiger partial charge in [0.2, 0.25) is 11.7 Å². The predicted octanol–water partition coefficient (Wildman–Crippen LogP) is 2.84. The van der Waals surface area contributed by atoms with Crippen molar-refractivity contribution in [2.75, 3.05) is 0 Å². The van der Waals surface area contributed by atoms with E-state index in [1.165, 1.54) is 6.08 Å². The van der Waals surface area contributed by atoms with Crippen LogP contribution in [0.1, 0.15) is 26.4 Å². The molecule has 20 heavy (non-hydrogen) atoms. The number of pyridine rings is 1. The van der Waals surface area contributed by atoms with Crippen LogP contribution in [0.4, 0.5) is 0 Å². The topological polar surface area (TPSA) is 73.1 Å². The summed E-state index contributed by atoms with van der Waals surface area (Å²) in [5.74, 6) is -0.666. The highest BCUT2D eigenvalue weighted by atomic mass is 79.9. The minimum Gasteiger partial charge on any atom is -0.366 e. The standard InChI is InChI=1S/C15H11BrN2O2/c16-14-3-1-2-12(18-14)13(19)9-6-10-4-7-11(8-5-10)15(17)20/h1-9H,(H2,17,20)/b9-6+. The molecular weight excluding hydrogens is 320 g/mol. The molecule has 0 aliphatic carbocycles. The number of benzene rings is 1. The van der Waals surface area contributed by atoms with Gasteiger partial charge in [-0.25, -0.2) is 4.98 Å². The molecule has 100 valence electrons. The van der Waals surface area contributed by atoms with Gasteiger partial charge in [-0.1, -0.05) is 24.3 Å². The van der Waals surface area contributed by atoms with Gasteiger partial charge in [0.05, 0.1) is 0 Å². The van der Waals surface area contributed by atoms with Crippen LogP contribution in [0.25, 0.3) is 6.08 Å². The highest BCUT2D eigenvalue weighted by molar-refractivity contribution is 9.10. The molecule has 0 aliphatic heterocycles. The van der Waals surface area contributed by atoms with Gasteiger partial charge in [0.15, 0.2) is 0 Å². The number of ketones is 1. The van der Waals surface area contributed by atoms with Crippen molar-refractivity contribution in [1.82, 2.24) is 4.98 Å². The molecule has 0 bridgehead atoms. The van der Waals surface area contributed by atoms with Crippen molar-refractivity contribution in [3.63, 3.8) is 0 Å². The van der Waals surface area contributed by atoms with Crippen molar-refractivity contribution in [3.8, 4) is 0 Å². The number of amides is 1. The van der Waals surface area contributed by atoms with E-state index in [9.17, 15) is 9.59 Å². The van der Waals surface area contributed by atoms with Crippen molar-refractivity contribution in [2.45, 2.75) is 0 Å². The van der Waals surface area contributed by atoms with Crippen LogP contribution in [0.2, 0.25) is 0 Å². The average Bonchev–Trinajstić information content (AvgIpc) is 2.45. The van der Waals surface area contributed by atoms with Crippen LogP contribution in [0.15, 0.2) is 53.1 Å². The minimum atomic E-state index is -0.477. The predicted molar refractivity (Wildman–Crippen MR) is 80.3 cm³/mol. The van der Waals surface area contributed by atoms with Gasteiger partial charge < -0.3 is 5.73 Å². The SMILES string of the molecule is NC(=O)c1ccc(/C=C/C(=O)c2cccc(Br)n2)cc1. The quantitative estimate of drug-likeness (QED) is 0.532. The van der Waals surface area contributed by atoms with Gasteiger partial charge in [-0.2, -0.15) is 0 Å². The summed E-state index contributed by atoms with van der Waals surface area (Å²) in [5.41, 5.74) is 6.75. The van der Waals surface area contributed by atoms with Gasteiger partial charge in [0.1, 0.15) is 10.3 Å². The Morgan fingerprint density at radius 3 is 2.40 bits per heavy atom. The molecule has 1 amide bonds. The van der Waals surface area contributed by atoms with E-state index < -0.39 is 5.91 Å². The molecule has 0 fully saturated rings. The zero-order valence-electron chi connectivity index (χ0n) is 10.4. The van der Waals surface area contributed by atoms with E-state index in [4.69, 9.17) is 5.73 Å². The lowest BCUT2D eigenvalue weighted by Gasteiger charge is -1.97. The average molecular weight is 331 g/mol. The Morgan fingerprint density at radius 2 is 1.80 bits per heavy atom. The molecule has 1 heterocycles. The molecular formula is C15H11BrN2O2. The molecule has 2 N–H and O–H groups in total. The highest BCUT2D eigenvalue weighted by Crippen LogP contribution is 2.09. The molecule has 0 radical (unpaired) electrons. The molecule has 0 unspecified atom stereocenters. The van der Waals surface area contributed by atoms with Crippen LogP contribution >= 0.6 is 15.9 Å². The Hall–Kier alpha value is -2.27. The number of carbonyl (C=O) groups is 2. The van der Waals surface area contributed by atoms with Gasteiger partial charge >= 0.3 is 0 Å². The first-order valence-corrected chi connectivity index (χ1v) is 6.60. The number of allylic oxidation sites excluding steroid dienone is 1. The molecule has 4 nitrogen and oxygen atoms in total. The molecule has 1 aromatic carbocycles. The third-order valence-corrected chi connectivity index (χ3v) is 3.03. The molecule has 1 aromatic heterocycles. The fourth-order valence-electron chi connectivity index (χ4n) is 1.56. The third-order valence-electron chi connectivity index (χ3n) is 2.59. The van der Waals surface area contributed by atoms with E-state index in [1.54, 1.807) is 48.5 Å². The van der Waals surface area contributed by atoms with E-state index in [1.807, 2.05) is 0 Å². The summed E-state index contributed by atoms with van der Waals surface area (Å²) in [6.07, 6.45) is 3.10. The van der Waals surface area contributed by atoms with Crippen LogP contribution in [-0.2, 0) is 0 Å². The van der Waals surface area contributed by atoms with E-state index in [0.29, 0.717) is 15.9 Å². The number of rotatable bonds is 4. The Morgan fingerprint density at radius 1 is 1.10 bits per heavy atom. The molecule has 2 rings (SSSR count). The zero-order chi connectivity index (χ0) is 14.5. The normalized spacial score (nSPS) is 10.7. The first-order chi connectivity index (χ1) is 9.56. The Balaban J connectivity index is 2.13. The maximum atomic E-state index is 11.9. The highest BCUT2D eigenvalue weighted by Gasteiger charge is 2.03. The lowest BCUT2D eigenvalue weighted by atomic mass is 10.1. The summed E-state index contributed by atoms with van der Waals surface area (Å²) in [4.78, 5) is 26.9. The first-order valence-electron chi connectivity index (χ1n) is 5.81. The maximum absolute atomic E-state index is 11.9. The molecule has 0 atom stereocenters. The fraction of sp³-hybridized carbons (Fsp3) is 0. The van der Waals surface area contributed by atoms with E-state index >= 15 is 0 Å². The summed E-state index contributed by atoms with van der Waals surface area (Å²) in [7, 11) is 0. The lowest BCUT2D eigenvalue weighted by Crippen LogP contribution is -2.10. The van der Waals surface area contributed by atoms with Gasteiger partial charge in [-0.3, -0.25) is 9.59 Å². The summed E-state index contributed by atoms with van der Waals surface area (Å²) in [6, 6.07) is 11.8. The Kier molecular flexibility index (Phi) is 4.42. The third kappa shape index (κ3) is 3.61. The second-order valence-corrected chi connectivity index (χ2v) is 4.84. The van der Waals surface area contributed by atoms with Gasteiger partial charge in [0, 0.05) is 5.56 Å². The van der Waals surface area contributed by atoms with Crippen molar-refractivity contribution in [1.29, 1.82) is 0 Å². The van der Waals surface area contributed by atoms with Crippen molar-refractivity contribution in [2.24, 2.45) is 5.73 Å². The summed E-state index contributed by atoms with van der Waals surface area (Å²) < 4.78 is 0.613. The minimum absolute atomic E-state index is 0.190. The van der Waals surface area contributed by atoms with E-state index in [0.717, 1.165) is 5.56 Å². The maximum Gasteiger partial charge on any atom is 0.248 e. The number of primary amides is 1. The van der Waals surface area contributed by atoms with Crippen molar-refractivity contribution < 1.29 is 9.59 Å². The second-order valence-electron chi connectivity index (χ2n) is 4.03. The summed E-state index contributed by atoms with van der Waals surface area (Å²) in [5, 5.41) is 0. The lowest BCUT2D eigenvalue weighted by molar-refractivity contribution is 0.0998. The van der Waals surface area contributed by atoms with Crippen LogP contribution in [0.5, 0.6) is 0 Å². The summed E-state index contributed by atoms with van der Waals surface area (Å²) in [6.45, 7) is 0. The monoisotopic (exact) mass is 330 g/mol. The largest absolute Gasteiger partial charge is 0.366 e. The Labute approximate surface area is 124 Å². The van der Waals surface area contributed by atoms with Crippen LogP contribution in [0.3, 0.4) is 0 Å². The van der Waals surface area contributed by atoms with Crippen molar-refractivity contribution >= 4 is 33.7 Å². The molecule has 0 saturated carbocycles. The number of aromatic nitrogens is 1.